The van der Waals surface area contributed by atoms with Crippen LogP contribution in [0.25, 0.3) is 0 Å². The van der Waals surface area contributed by atoms with Gasteiger partial charge in [-0.3, -0.25) is 4.79 Å². The van der Waals surface area contributed by atoms with Crippen molar-refractivity contribution in [3.8, 4) is 0 Å². The second kappa shape index (κ2) is 4.42. The second-order valence-electron chi connectivity index (χ2n) is 2.79. The summed E-state index contributed by atoms with van der Waals surface area (Å²) in [5, 5.41) is 2.77. The molecule has 0 bridgehead atoms. The van der Waals surface area contributed by atoms with E-state index >= 15 is 0 Å². The van der Waals surface area contributed by atoms with E-state index in [0.717, 1.165) is 15.6 Å². The van der Waals surface area contributed by atoms with Crippen LogP contribution in [0, 0.1) is 6.92 Å². The minimum absolute atomic E-state index is 0.0209. The number of halogens is 1. The van der Waals surface area contributed by atoms with E-state index in [0.29, 0.717) is 6.54 Å². The molecule has 0 aliphatic heterocycles. The molecule has 1 aromatic rings. The lowest BCUT2D eigenvalue weighted by Gasteiger charge is -2.07. The first-order valence-corrected chi connectivity index (χ1v) is 4.99. The molecule has 1 N–H and O–H groups in total. The van der Waals surface area contributed by atoms with Crippen molar-refractivity contribution in [1.29, 1.82) is 0 Å². The molecule has 0 fully saturated rings. The zero-order valence-corrected chi connectivity index (χ0v) is 9.31. The molecule has 3 heteroatoms. The van der Waals surface area contributed by atoms with Gasteiger partial charge in [-0.1, -0.05) is 12.1 Å². The number of hydrogen-bond acceptors (Lipinski definition) is 1. The highest BCUT2D eigenvalue weighted by Crippen LogP contribution is 2.19. The van der Waals surface area contributed by atoms with Crippen molar-refractivity contribution in [1.82, 2.24) is 5.32 Å². The number of rotatable bonds is 2. The third kappa shape index (κ3) is 2.31. The third-order valence-electron chi connectivity index (χ3n) is 1.79. The Morgan fingerprint density at radius 2 is 2.23 bits per heavy atom. The molecular weight excluding hydrogens is 230 g/mol. The van der Waals surface area contributed by atoms with Gasteiger partial charge >= 0.3 is 0 Å². The molecule has 0 heterocycles. The number of nitrogens with one attached hydrogen (secondary N) is 1. The fourth-order valence-electron chi connectivity index (χ4n) is 1.17. The number of carbonyl (C=O) groups excluding carboxylic acids is 1. The first kappa shape index (κ1) is 10.3. The number of amides is 1. The van der Waals surface area contributed by atoms with Crippen molar-refractivity contribution in [2.45, 2.75) is 13.8 Å². The summed E-state index contributed by atoms with van der Waals surface area (Å²) in [6, 6.07) is 5.72. The van der Waals surface area contributed by atoms with Crippen molar-refractivity contribution in [2.24, 2.45) is 0 Å². The van der Waals surface area contributed by atoms with E-state index < -0.39 is 0 Å². The molecule has 2 nitrogen and oxygen atoms in total. The number of hydrogen-bond donors (Lipinski definition) is 1. The molecule has 0 unspecified atom stereocenters. The minimum Gasteiger partial charge on any atom is -0.352 e. The molecule has 0 aliphatic carbocycles. The number of benzene rings is 1. The van der Waals surface area contributed by atoms with Gasteiger partial charge in [0.15, 0.2) is 0 Å². The quantitative estimate of drug-likeness (QED) is 0.848. The second-order valence-corrected chi connectivity index (χ2v) is 3.65. The molecule has 0 atom stereocenters. The summed E-state index contributed by atoms with van der Waals surface area (Å²) in [6.45, 7) is 4.49. The van der Waals surface area contributed by atoms with Gasteiger partial charge in [0, 0.05) is 11.0 Å². The summed E-state index contributed by atoms with van der Waals surface area (Å²) in [7, 11) is 0. The lowest BCUT2D eigenvalue weighted by molar-refractivity contribution is 0.0954. The van der Waals surface area contributed by atoms with Gasteiger partial charge in [0.1, 0.15) is 0 Å². The maximum absolute atomic E-state index is 11.5. The normalized spacial score (nSPS) is 9.77. The predicted molar refractivity (Wildman–Crippen MR) is 56.9 cm³/mol. The number of aryl methyl sites for hydroxylation is 1. The average Bonchev–Trinajstić information content (AvgIpc) is 2.04. The Morgan fingerprint density at radius 3 is 2.77 bits per heavy atom. The first-order chi connectivity index (χ1) is 6.16. The Morgan fingerprint density at radius 1 is 1.54 bits per heavy atom. The van der Waals surface area contributed by atoms with Gasteiger partial charge in [0.25, 0.3) is 5.91 Å². The Labute approximate surface area is 86.5 Å². The average molecular weight is 242 g/mol. The topological polar surface area (TPSA) is 29.1 Å². The van der Waals surface area contributed by atoms with Crippen molar-refractivity contribution in [2.75, 3.05) is 6.54 Å². The van der Waals surface area contributed by atoms with E-state index in [1.54, 1.807) is 0 Å². The molecule has 0 radical (unpaired) electrons. The molecule has 1 rings (SSSR count). The standard InChI is InChI=1S/C10H12BrNO/c1-3-12-10(13)9-7(2)5-4-6-8(9)11/h4-6H,3H2,1-2H3,(H,12,13). The largest absolute Gasteiger partial charge is 0.352 e. The molecule has 0 saturated carbocycles. The van der Waals surface area contributed by atoms with Gasteiger partial charge in [-0.25, -0.2) is 0 Å². The summed E-state index contributed by atoms with van der Waals surface area (Å²) >= 11 is 3.36. The Balaban J connectivity index is 3.05. The Hall–Kier alpha value is -0.830. The van der Waals surface area contributed by atoms with Gasteiger partial charge in [0.05, 0.1) is 5.56 Å². The fraction of sp³-hybridized carbons (Fsp3) is 0.300. The Kier molecular flexibility index (Phi) is 3.48. The van der Waals surface area contributed by atoms with E-state index in [4.69, 9.17) is 0 Å². The van der Waals surface area contributed by atoms with E-state index in [1.165, 1.54) is 0 Å². The summed E-state index contributed by atoms with van der Waals surface area (Å²) in [5.74, 6) is -0.0209. The highest BCUT2D eigenvalue weighted by molar-refractivity contribution is 9.10. The van der Waals surface area contributed by atoms with Crippen LogP contribution in [-0.2, 0) is 0 Å². The SMILES string of the molecule is CCNC(=O)c1c(C)cccc1Br. The van der Waals surface area contributed by atoms with E-state index in [9.17, 15) is 4.79 Å². The fourth-order valence-corrected chi connectivity index (χ4v) is 1.81. The third-order valence-corrected chi connectivity index (χ3v) is 2.45. The van der Waals surface area contributed by atoms with Crippen LogP contribution in [0.2, 0.25) is 0 Å². The van der Waals surface area contributed by atoms with Gasteiger partial charge in [-0.15, -0.1) is 0 Å². The zero-order chi connectivity index (χ0) is 9.84. The highest BCUT2D eigenvalue weighted by atomic mass is 79.9. The minimum atomic E-state index is -0.0209. The number of carbonyl (C=O) groups is 1. The van der Waals surface area contributed by atoms with Crippen LogP contribution in [0.1, 0.15) is 22.8 Å². The highest BCUT2D eigenvalue weighted by Gasteiger charge is 2.10. The van der Waals surface area contributed by atoms with Gasteiger partial charge in [-0.05, 0) is 41.4 Å². The molecule has 0 spiro atoms. The summed E-state index contributed by atoms with van der Waals surface area (Å²) in [5.41, 5.74) is 1.71. The van der Waals surface area contributed by atoms with Crippen molar-refractivity contribution in [3.05, 3.63) is 33.8 Å². The van der Waals surface area contributed by atoms with Crippen molar-refractivity contribution >= 4 is 21.8 Å². The van der Waals surface area contributed by atoms with Crippen LogP contribution in [0.4, 0.5) is 0 Å². The smallest absolute Gasteiger partial charge is 0.252 e. The van der Waals surface area contributed by atoms with Crippen molar-refractivity contribution < 1.29 is 4.79 Å². The lowest BCUT2D eigenvalue weighted by atomic mass is 10.1. The van der Waals surface area contributed by atoms with Crippen molar-refractivity contribution in [3.63, 3.8) is 0 Å². The van der Waals surface area contributed by atoms with Crippen LogP contribution in [0.3, 0.4) is 0 Å². The first-order valence-electron chi connectivity index (χ1n) is 4.20. The van der Waals surface area contributed by atoms with Crippen LogP contribution in [0.5, 0.6) is 0 Å². The molecule has 0 aromatic heterocycles. The van der Waals surface area contributed by atoms with Crippen LogP contribution < -0.4 is 5.32 Å². The maximum Gasteiger partial charge on any atom is 0.252 e. The maximum atomic E-state index is 11.5. The van der Waals surface area contributed by atoms with E-state index in [-0.39, 0.29) is 5.91 Å². The molecule has 1 aromatic carbocycles. The molecule has 70 valence electrons. The monoisotopic (exact) mass is 241 g/mol. The zero-order valence-electron chi connectivity index (χ0n) is 7.73. The van der Waals surface area contributed by atoms with E-state index in [1.807, 2.05) is 32.0 Å². The molecular formula is C10H12BrNO. The molecule has 0 saturated heterocycles. The van der Waals surface area contributed by atoms with Gasteiger partial charge < -0.3 is 5.32 Å². The molecule has 1 amide bonds. The summed E-state index contributed by atoms with van der Waals surface area (Å²) in [6.07, 6.45) is 0. The van der Waals surface area contributed by atoms with E-state index in [2.05, 4.69) is 21.2 Å². The van der Waals surface area contributed by atoms with Crippen LogP contribution in [0.15, 0.2) is 22.7 Å². The lowest BCUT2D eigenvalue weighted by Crippen LogP contribution is -2.23. The van der Waals surface area contributed by atoms with Crippen LogP contribution in [-0.4, -0.2) is 12.5 Å². The van der Waals surface area contributed by atoms with Gasteiger partial charge in [-0.2, -0.15) is 0 Å². The Bertz CT molecular complexity index is 302. The van der Waals surface area contributed by atoms with Crippen LogP contribution >= 0.6 is 15.9 Å². The summed E-state index contributed by atoms with van der Waals surface area (Å²) < 4.78 is 0.846. The van der Waals surface area contributed by atoms with Gasteiger partial charge in [0.2, 0.25) is 0 Å². The predicted octanol–water partition coefficient (Wildman–Crippen LogP) is 2.51. The molecule has 0 aliphatic rings. The summed E-state index contributed by atoms with van der Waals surface area (Å²) in [4.78, 5) is 11.5. The molecule has 13 heavy (non-hydrogen) atoms.